The molecule has 0 spiro atoms. The molecule has 32 heavy (non-hydrogen) atoms. The molecule has 0 aromatic heterocycles. The average molecular weight is 445 g/mol. The lowest BCUT2D eigenvalue weighted by atomic mass is 10.0. The highest BCUT2D eigenvalue weighted by Crippen LogP contribution is 2.21. The van der Waals surface area contributed by atoms with E-state index in [1.165, 1.54) is 96.3 Å². The van der Waals surface area contributed by atoms with Crippen LogP contribution in [0.15, 0.2) is 30.4 Å². The molecule has 0 atom stereocenters. The van der Waals surface area contributed by atoms with E-state index in [0.717, 1.165) is 30.6 Å². The number of unbranched alkanes of at least 4 members (excludes halogenated alkanes) is 15. The summed E-state index contributed by atoms with van der Waals surface area (Å²) in [6, 6.07) is 5.03. The summed E-state index contributed by atoms with van der Waals surface area (Å²) in [5.74, 6) is -1.77. The Kier molecular flexibility index (Phi) is 16.1. The summed E-state index contributed by atoms with van der Waals surface area (Å²) < 4.78 is 0. The van der Waals surface area contributed by atoms with Gasteiger partial charge in [0, 0.05) is 6.08 Å². The second-order valence-electron chi connectivity index (χ2n) is 8.94. The van der Waals surface area contributed by atoms with Crippen molar-refractivity contribution in [3.8, 4) is 5.75 Å². The largest absolute Gasteiger partial charge is 0.507 e. The van der Waals surface area contributed by atoms with E-state index in [1.807, 2.05) is 6.07 Å². The van der Waals surface area contributed by atoms with E-state index in [1.54, 1.807) is 12.1 Å². The lowest BCUT2D eigenvalue weighted by Crippen LogP contribution is -1.98. The minimum Gasteiger partial charge on any atom is -0.507 e. The standard InChI is InChI=1S/C28H44O4/c1-2-3-4-5-6-7-8-9-10-11-12-13-14-15-16-17-18-24-19-20-25(27(30)23-24)26(29)21-22-28(31)32/h19-23,30H,2-18H2,1H3,(H,31,32). The molecule has 1 rings (SSSR count). The first-order valence-corrected chi connectivity index (χ1v) is 12.8. The van der Waals surface area contributed by atoms with Crippen LogP contribution in [0.3, 0.4) is 0 Å². The van der Waals surface area contributed by atoms with Gasteiger partial charge in [0.25, 0.3) is 0 Å². The number of rotatable bonds is 20. The minimum atomic E-state index is -1.18. The molecule has 2 N–H and O–H groups in total. The fourth-order valence-electron chi connectivity index (χ4n) is 4.06. The van der Waals surface area contributed by atoms with Gasteiger partial charge in [-0.3, -0.25) is 4.79 Å². The molecule has 180 valence electrons. The molecule has 0 saturated heterocycles. The van der Waals surface area contributed by atoms with Crippen LogP contribution in [0.4, 0.5) is 0 Å². The second-order valence-corrected chi connectivity index (χ2v) is 8.94. The molecule has 4 nitrogen and oxygen atoms in total. The molecule has 0 saturated carbocycles. The molecule has 0 aliphatic carbocycles. The molecule has 4 heteroatoms. The van der Waals surface area contributed by atoms with Crippen LogP contribution < -0.4 is 0 Å². The number of carbonyl (C=O) groups excluding carboxylic acids is 1. The van der Waals surface area contributed by atoms with Crippen LogP contribution >= 0.6 is 0 Å². The number of phenolic OH excluding ortho intramolecular Hbond substituents is 1. The Morgan fingerprint density at radius 1 is 0.719 bits per heavy atom. The number of carboxylic acid groups (broad SMARTS) is 1. The van der Waals surface area contributed by atoms with Crippen LogP contribution in [0.1, 0.15) is 126 Å². The lowest BCUT2D eigenvalue weighted by molar-refractivity contribution is -0.131. The fraction of sp³-hybridized carbons (Fsp3) is 0.643. The van der Waals surface area contributed by atoms with Gasteiger partial charge in [0.05, 0.1) is 5.56 Å². The number of ketones is 1. The summed E-state index contributed by atoms with van der Waals surface area (Å²) in [7, 11) is 0. The third-order valence-electron chi connectivity index (χ3n) is 6.02. The molecule has 0 radical (unpaired) electrons. The maximum Gasteiger partial charge on any atom is 0.328 e. The van der Waals surface area contributed by atoms with Gasteiger partial charge in [0.15, 0.2) is 5.78 Å². The molecule has 0 aliphatic heterocycles. The van der Waals surface area contributed by atoms with Crippen LogP contribution in [0.5, 0.6) is 5.75 Å². The van der Waals surface area contributed by atoms with Crippen molar-refractivity contribution < 1.29 is 19.8 Å². The summed E-state index contributed by atoms with van der Waals surface area (Å²) in [4.78, 5) is 22.4. The number of aromatic hydroxyl groups is 1. The van der Waals surface area contributed by atoms with Crippen molar-refractivity contribution in [1.82, 2.24) is 0 Å². The molecular weight excluding hydrogens is 400 g/mol. The van der Waals surface area contributed by atoms with E-state index in [9.17, 15) is 14.7 Å². The monoisotopic (exact) mass is 444 g/mol. The average Bonchev–Trinajstić information content (AvgIpc) is 2.77. The van der Waals surface area contributed by atoms with Crippen molar-refractivity contribution in [2.24, 2.45) is 0 Å². The van der Waals surface area contributed by atoms with E-state index in [2.05, 4.69) is 6.92 Å². The molecule has 0 unspecified atom stereocenters. The minimum absolute atomic E-state index is 0.0842. The molecule has 0 bridgehead atoms. The van der Waals surface area contributed by atoms with Gasteiger partial charge in [0.1, 0.15) is 5.75 Å². The summed E-state index contributed by atoms with van der Waals surface area (Å²) in [5, 5.41) is 18.6. The zero-order valence-electron chi connectivity index (χ0n) is 20.1. The number of aryl methyl sites for hydroxylation is 1. The number of hydrogen-bond acceptors (Lipinski definition) is 3. The number of aliphatic carboxylic acids is 1. The lowest BCUT2D eigenvalue weighted by Gasteiger charge is -2.06. The molecule has 0 aliphatic rings. The number of carbonyl (C=O) groups is 2. The van der Waals surface area contributed by atoms with Gasteiger partial charge in [-0.05, 0) is 36.6 Å². The van der Waals surface area contributed by atoms with Crippen LogP contribution in [0.25, 0.3) is 0 Å². The molecule has 1 aromatic carbocycles. The van der Waals surface area contributed by atoms with Crippen molar-refractivity contribution in [1.29, 1.82) is 0 Å². The van der Waals surface area contributed by atoms with E-state index in [-0.39, 0.29) is 11.3 Å². The highest BCUT2D eigenvalue weighted by atomic mass is 16.4. The van der Waals surface area contributed by atoms with Crippen LogP contribution in [-0.2, 0) is 11.2 Å². The number of carboxylic acids is 1. The Morgan fingerprint density at radius 3 is 1.62 bits per heavy atom. The maximum absolute atomic E-state index is 11.9. The van der Waals surface area contributed by atoms with Crippen LogP contribution in [0, 0.1) is 0 Å². The van der Waals surface area contributed by atoms with Gasteiger partial charge in [-0.1, -0.05) is 109 Å². The zero-order chi connectivity index (χ0) is 23.4. The summed E-state index contributed by atoms with van der Waals surface area (Å²) in [5.41, 5.74) is 1.14. The summed E-state index contributed by atoms with van der Waals surface area (Å²) in [6.07, 6.45) is 24.1. The Balaban J connectivity index is 2.01. The predicted octanol–water partition coefficient (Wildman–Crippen LogP) is 8.02. The van der Waals surface area contributed by atoms with E-state index in [0.29, 0.717) is 0 Å². The predicted molar refractivity (Wildman–Crippen MR) is 132 cm³/mol. The van der Waals surface area contributed by atoms with Crippen LogP contribution in [-0.4, -0.2) is 22.0 Å². The normalized spacial score (nSPS) is 11.3. The topological polar surface area (TPSA) is 74.6 Å². The van der Waals surface area contributed by atoms with Crippen molar-refractivity contribution in [3.63, 3.8) is 0 Å². The maximum atomic E-state index is 11.9. The Hall–Kier alpha value is -2.10. The van der Waals surface area contributed by atoms with Gasteiger partial charge in [-0.15, -0.1) is 0 Å². The smallest absolute Gasteiger partial charge is 0.328 e. The van der Waals surface area contributed by atoms with E-state index >= 15 is 0 Å². The van der Waals surface area contributed by atoms with Gasteiger partial charge in [0.2, 0.25) is 0 Å². The summed E-state index contributed by atoms with van der Waals surface area (Å²) in [6.45, 7) is 2.27. The van der Waals surface area contributed by atoms with Crippen molar-refractivity contribution in [2.45, 2.75) is 116 Å². The third-order valence-corrected chi connectivity index (χ3v) is 6.02. The molecule has 0 heterocycles. The van der Waals surface area contributed by atoms with E-state index < -0.39 is 11.8 Å². The Bertz CT molecular complexity index is 678. The first-order chi connectivity index (χ1) is 15.5. The third kappa shape index (κ3) is 14.1. The first-order valence-electron chi connectivity index (χ1n) is 12.8. The number of allylic oxidation sites excluding steroid dienone is 1. The summed E-state index contributed by atoms with van der Waals surface area (Å²) >= 11 is 0. The van der Waals surface area contributed by atoms with Crippen molar-refractivity contribution in [2.75, 3.05) is 0 Å². The van der Waals surface area contributed by atoms with E-state index in [4.69, 9.17) is 5.11 Å². The van der Waals surface area contributed by atoms with Gasteiger partial charge >= 0.3 is 5.97 Å². The SMILES string of the molecule is CCCCCCCCCCCCCCCCCCc1ccc(C(=O)C=CC(=O)O)c(O)c1. The number of benzene rings is 1. The molecule has 0 amide bonds. The van der Waals surface area contributed by atoms with Gasteiger partial charge < -0.3 is 10.2 Å². The number of phenols is 1. The fourth-order valence-corrected chi connectivity index (χ4v) is 4.06. The number of hydrogen-bond donors (Lipinski definition) is 2. The second kappa shape index (κ2) is 18.5. The zero-order valence-corrected chi connectivity index (χ0v) is 20.1. The highest BCUT2D eigenvalue weighted by Gasteiger charge is 2.09. The highest BCUT2D eigenvalue weighted by molar-refractivity contribution is 6.08. The van der Waals surface area contributed by atoms with Gasteiger partial charge in [-0.2, -0.15) is 0 Å². The first kappa shape index (κ1) is 27.9. The van der Waals surface area contributed by atoms with Crippen molar-refractivity contribution in [3.05, 3.63) is 41.5 Å². The van der Waals surface area contributed by atoms with Gasteiger partial charge in [-0.25, -0.2) is 4.79 Å². The Labute approximate surface area is 195 Å². The molecular formula is C28H44O4. The molecule has 1 aromatic rings. The molecule has 0 fully saturated rings. The Morgan fingerprint density at radius 2 is 1.19 bits per heavy atom. The van der Waals surface area contributed by atoms with Crippen LogP contribution in [0.2, 0.25) is 0 Å². The quantitative estimate of drug-likeness (QED) is 0.121. The van der Waals surface area contributed by atoms with Crippen molar-refractivity contribution >= 4 is 11.8 Å².